The largest absolute Gasteiger partial charge is 0.481 e. The first kappa shape index (κ1) is 25.7. The third kappa shape index (κ3) is 2.95. The number of fused-ring (bicyclic) bond motifs is 7. The number of hydrogen-bond donors (Lipinski definition) is 4. The molecular formula is C30H48O5. The van der Waals surface area contributed by atoms with Crippen LogP contribution in [0.4, 0.5) is 0 Å². The molecule has 5 heteroatoms. The van der Waals surface area contributed by atoms with Crippen molar-refractivity contribution in [3.05, 3.63) is 11.6 Å². The van der Waals surface area contributed by atoms with E-state index in [0.717, 1.165) is 25.7 Å². The van der Waals surface area contributed by atoms with E-state index in [1.165, 1.54) is 5.57 Å². The highest BCUT2D eigenvalue weighted by Crippen LogP contribution is 2.75. The Hall–Kier alpha value is -0.910. The fraction of sp³-hybridized carbons (Fsp3) is 0.900. The van der Waals surface area contributed by atoms with E-state index in [1.54, 1.807) is 0 Å². The van der Waals surface area contributed by atoms with Gasteiger partial charge in [-0.1, -0.05) is 60.1 Å². The molecule has 5 nitrogen and oxygen atoms in total. The van der Waals surface area contributed by atoms with Gasteiger partial charge < -0.3 is 20.4 Å². The van der Waals surface area contributed by atoms with Crippen molar-refractivity contribution in [1.29, 1.82) is 0 Å². The number of aliphatic hydroxyl groups excluding tert-OH is 3. The molecule has 4 saturated carbocycles. The first-order chi connectivity index (χ1) is 16.0. The molecule has 0 aromatic carbocycles. The van der Waals surface area contributed by atoms with Crippen LogP contribution in [-0.2, 0) is 4.79 Å². The molecule has 0 spiro atoms. The van der Waals surface area contributed by atoms with Crippen molar-refractivity contribution < 1.29 is 25.2 Å². The second-order valence-electron chi connectivity index (χ2n) is 15.2. The topological polar surface area (TPSA) is 98.0 Å². The molecular weight excluding hydrogens is 440 g/mol. The maximum Gasteiger partial charge on any atom is 0.310 e. The van der Waals surface area contributed by atoms with E-state index in [1.807, 2.05) is 0 Å². The number of hydrogen-bond acceptors (Lipinski definition) is 4. The highest BCUT2D eigenvalue weighted by molar-refractivity contribution is 5.77. The maximum atomic E-state index is 12.8. The molecule has 0 aromatic heterocycles. The summed E-state index contributed by atoms with van der Waals surface area (Å²) >= 11 is 0. The van der Waals surface area contributed by atoms with Crippen LogP contribution in [0.15, 0.2) is 11.6 Å². The van der Waals surface area contributed by atoms with Crippen LogP contribution in [0.25, 0.3) is 0 Å². The van der Waals surface area contributed by atoms with Gasteiger partial charge in [-0.15, -0.1) is 0 Å². The van der Waals surface area contributed by atoms with Crippen LogP contribution in [0.1, 0.15) is 99.8 Å². The van der Waals surface area contributed by atoms with Gasteiger partial charge in [0.1, 0.15) is 0 Å². The molecule has 35 heavy (non-hydrogen) atoms. The maximum absolute atomic E-state index is 12.8. The van der Waals surface area contributed by atoms with Crippen LogP contribution in [0.5, 0.6) is 0 Å². The van der Waals surface area contributed by atoms with Crippen LogP contribution in [0.2, 0.25) is 0 Å². The Bertz CT molecular complexity index is 952. The molecule has 0 amide bonds. The molecule has 5 aliphatic rings. The fourth-order valence-electron chi connectivity index (χ4n) is 10.6. The van der Waals surface area contributed by atoms with Crippen LogP contribution >= 0.6 is 0 Å². The van der Waals surface area contributed by atoms with Gasteiger partial charge >= 0.3 is 5.97 Å². The van der Waals surface area contributed by atoms with Gasteiger partial charge in [-0.05, 0) is 90.8 Å². The highest BCUT2D eigenvalue weighted by Gasteiger charge is 2.72. The molecule has 0 radical (unpaired) electrons. The van der Waals surface area contributed by atoms with E-state index in [9.17, 15) is 25.2 Å². The predicted molar refractivity (Wildman–Crippen MR) is 135 cm³/mol. The zero-order chi connectivity index (χ0) is 26.0. The molecule has 5 aliphatic carbocycles. The van der Waals surface area contributed by atoms with E-state index < -0.39 is 23.6 Å². The molecule has 0 aromatic rings. The Labute approximate surface area is 211 Å². The highest BCUT2D eigenvalue weighted by atomic mass is 16.4. The molecule has 5 rings (SSSR count). The van der Waals surface area contributed by atoms with Crippen LogP contribution in [0.3, 0.4) is 0 Å². The average Bonchev–Trinajstić information content (AvgIpc) is 2.75. The molecule has 0 aliphatic heterocycles. The van der Waals surface area contributed by atoms with E-state index in [4.69, 9.17) is 0 Å². The van der Waals surface area contributed by atoms with Crippen LogP contribution in [-0.4, -0.2) is 44.7 Å². The molecule has 0 heterocycles. The van der Waals surface area contributed by atoms with Crippen molar-refractivity contribution in [2.45, 2.75) is 118 Å². The number of aliphatic carboxylic acids is 1. The summed E-state index contributed by atoms with van der Waals surface area (Å²) in [5, 5.41) is 44.3. The van der Waals surface area contributed by atoms with Crippen LogP contribution < -0.4 is 0 Å². The first-order valence-electron chi connectivity index (χ1n) is 14.0. The summed E-state index contributed by atoms with van der Waals surface area (Å²) in [6.45, 7) is 15.5. The number of carboxylic acids is 1. The number of rotatable bonds is 1. The lowest BCUT2D eigenvalue weighted by atomic mass is 9.33. The number of carbonyl (C=O) groups is 1. The zero-order valence-electron chi connectivity index (χ0n) is 22.9. The van der Waals surface area contributed by atoms with Crippen molar-refractivity contribution in [2.24, 2.45) is 50.2 Å². The number of aliphatic hydroxyl groups is 3. The molecule has 0 unspecified atom stereocenters. The van der Waals surface area contributed by atoms with Gasteiger partial charge in [-0.3, -0.25) is 4.79 Å². The monoisotopic (exact) mass is 488 g/mol. The summed E-state index contributed by atoms with van der Waals surface area (Å²) in [7, 11) is 0. The lowest BCUT2D eigenvalue weighted by molar-refractivity contribution is -0.246. The van der Waals surface area contributed by atoms with E-state index >= 15 is 0 Å². The fourth-order valence-corrected chi connectivity index (χ4v) is 10.6. The third-order valence-corrected chi connectivity index (χ3v) is 13.3. The van der Waals surface area contributed by atoms with E-state index in [2.05, 4.69) is 54.5 Å². The summed E-state index contributed by atoms with van der Waals surface area (Å²) in [6, 6.07) is 0. The Morgan fingerprint density at radius 2 is 1.51 bits per heavy atom. The summed E-state index contributed by atoms with van der Waals surface area (Å²) in [4.78, 5) is 12.8. The Balaban J connectivity index is 1.64. The summed E-state index contributed by atoms with van der Waals surface area (Å²) in [6.07, 6.45) is 6.47. The Morgan fingerprint density at radius 1 is 0.857 bits per heavy atom. The van der Waals surface area contributed by atoms with Gasteiger partial charge in [0, 0.05) is 5.41 Å². The van der Waals surface area contributed by atoms with Crippen molar-refractivity contribution in [3.63, 3.8) is 0 Å². The minimum absolute atomic E-state index is 0.0190. The van der Waals surface area contributed by atoms with Crippen molar-refractivity contribution in [3.8, 4) is 0 Å². The Morgan fingerprint density at radius 3 is 2.14 bits per heavy atom. The molecule has 198 valence electrons. The minimum atomic E-state index is -0.924. The molecule has 4 fully saturated rings. The van der Waals surface area contributed by atoms with Gasteiger partial charge in [0.15, 0.2) is 0 Å². The SMILES string of the molecule is CC1(C)C[C@H]2C3=CC[C@@H]4[C@@]5(C)CC[C@H](O)C(C)(C)[C@@H]5C[C@H](O)[C@@]4(C)[C@]3(C)CC[C@@]2(C(=O)O)C[C@@H]1O. The molecule has 0 bridgehead atoms. The van der Waals surface area contributed by atoms with Crippen molar-refractivity contribution in [2.75, 3.05) is 0 Å². The van der Waals surface area contributed by atoms with Gasteiger partial charge in [0.2, 0.25) is 0 Å². The van der Waals surface area contributed by atoms with Crippen LogP contribution in [0, 0.1) is 50.2 Å². The van der Waals surface area contributed by atoms with Crippen molar-refractivity contribution >= 4 is 5.97 Å². The third-order valence-electron chi connectivity index (χ3n) is 13.3. The van der Waals surface area contributed by atoms with E-state index in [-0.39, 0.29) is 50.9 Å². The standard InChI is InChI=1S/C30H48O5/c1-25(2)15-18-17-8-9-19-27(5)11-10-21(31)26(3,4)20(27)14-22(32)29(19,7)28(17,6)12-13-30(18,24(34)35)16-23(25)33/h8,18-23,31-33H,9-16H2,1-7H3,(H,34,35)/t18-,19+,20-,21-,22-,23-,27+,28+,29-,30+/m0/s1. The molecule has 0 saturated heterocycles. The van der Waals surface area contributed by atoms with Gasteiger partial charge in [-0.25, -0.2) is 0 Å². The van der Waals surface area contributed by atoms with E-state index in [0.29, 0.717) is 25.7 Å². The second kappa shape index (κ2) is 7.35. The normalized spacial score (nSPS) is 54.4. The molecule has 4 N–H and O–H groups in total. The van der Waals surface area contributed by atoms with Gasteiger partial charge in [-0.2, -0.15) is 0 Å². The van der Waals surface area contributed by atoms with Gasteiger partial charge in [0.05, 0.1) is 23.7 Å². The zero-order valence-corrected chi connectivity index (χ0v) is 22.9. The second-order valence-corrected chi connectivity index (χ2v) is 15.2. The minimum Gasteiger partial charge on any atom is -0.481 e. The van der Waals surface area contributed by atoms with Crippen molar-refractivity contribution in [1.82, 2.24) is 0 Å². The Kier molecular flexibility index (Phi) is 5.40. The summed E-state index contributed by atoms with van der Waals surface area (Å²) in [5.74, 6) is -0.358. The lowest BCUT2D eigenvalue weighted by Gasteiger charge is -2.72. The average molecular weight is 489 g/mol. The predicted octanol–water partition coefficient (Wildman–Crippen LogP) is 5.18. The molecule has 10 atom stereocenters. The van der Waals surface area contributed by atoms with Gasteiger partial charge in [0.25, 0.3) is 0 Å². The summed E-state index contributed by atoms with van der Waals surface area (Å²) < 4.78 is 0. The summed E-state index contributed by atoms with van der Waals surface area (Å²) in [5.41, 5.74) is -0.892. The quantitative estimate of drug-likeness (QED) is 0.382. The number of allylic oxidation sites excluding steroid dienone is 2. The first-order valence-corrected chi connectivity index (χ1v) is 14.0. The lowest BCUT2D eigenvalue weighted by Crippen LogP contribution is -2.69. The smallest absolute Gasteiger partial charge is 0.310 e. The number of carboxylic acid groups (broad SMARTS) is 1.